The summed E-state index contributed by atoms with van der Waals surface area (Å²) < 4.78 is 1.88. The normalized spacial score (nSPS) is 9.75. The van der Waals surface area contributed by atoms with Crippen molar-refractivity contribution in [3.63, 3.8) is 0 Å². The Hall–Kier alpha value is -1.33. The van der Waals surface area contributed by atoms with E-state index in [0.29, 0.717) is 0 Å². The van der Waals surface area contributed by atoms with Gasteiger partial charge in [0.05, 0.1) is 0 Å². The maximum Gasteiger partial charge on any atom is 0.00812 e. The molecule has 32 heavy (non-hydrogen) atoms. The highest BCUT2D eigenvalue weighted by Crippen LogP contribution is 2.31. The molecule has 1 nitrogen and oxygen atoms in total. The van der Waals surface area contributed by atoms with Crippen LogP contribution in [0.3, 0.4) is 0 Å². The first-order valence-electron chi connectivity index (χ1n) is 11.1. The van der Waals surface area contributed by atoms with Crippen molar-refractivity contribution in [2.45, 2.75) is 64.7 Å². The van der Waals surface area contributed by atoms with Gasteiger partial charge in [0.2, 0.25) is 0 Å². The van der Waals surface area contributed by atoms with Crippen molar-refractivity contribution < 1.29 is 0 Å². The molecule has 3 aromatic carbocycles. The van der Waals surface area contributed by atoms with Crippen LogP contribution in [0.4, 0.5) is 0 Å². The van der Waals surface area contributed by atoms with E-state index < -0.39 is 0 Å². The Kier molecular flexibility index (Phi) is 15.6. The number of hydrogen-bond acceptors (Lipinski definition) is 4. The second-order valence-electron chi connectivity index (χ2n) is 7.50. The Morgan fingerprint density at radius 3 is 1.91 bits per heavy atom. The lowest BCUT2D eigenvalue weighted by Gasteiger charge is -2.12. The molecule has 0 aliphatic carbocycles. The van der Waals surface area contributed by atoms with E-state index in [-0.39, 0.29) is 0 Å². The molecular formula is C28H41NS3. The van der Waals surface area contributed by atoms with Crippen LogP contribution in [0.15, 0.2) is 58.8 Å². The Labute approximate surface area is 213 Å². The van der Waals surface area contributed by atoms with Gasteiger partial charge in [0.15, 0.2) is 0 Å². The number of rotatable bonds is 3. The van der Waals surface area contributed by atoms with Gasteiger partial charge in [-0.05, 0) is 92.4 Å². The molecule has 0 aliphatic rings. The zero-order valence-corrected chi connectivity index (χ0v) is 23.7. The van der Waals surface area contributed by atoms with Gasteiger partial charge >= 0.3 is 0 Å². The number of aryl methyl sites for hydroxylation is 3. The van der Waals surface area contributed by atoms with E-state index in [1.54, 1.807) is 0 Å². The molecule has 0 spiro atoms. The molecule has 0 bridgehead atoms. The molecule has 0 radical (unpaired) electrons. The topological polar surface area (TPSA) is 3.24 Å². The molecule has 0 amide bonds. The van der Waals surface area contributed by atoms with Gasteiger partial charge in [-0.1, -0.05) is 76.1 Å². The van der Waals surface area contributed by atoms with Crippen LogP contribution in [0.25, 0.3) is 16.8 Å². The fourth-order valence-corrected chi connectivity index (χ4v) is 3.92. The van der Waals surface area contributed by atoms with E-state index in [9.17, 15) is 0 Å². The van der Waals surface area contributed by atoms with Gasteiger partial charge in [-0.3, -0.25) is 4.31 Å². The molecule has 0 atom stereocenters. The van der Waals surface area contributed by atoms with Crippen molar-refractivity contribution in [2.24, 2.45) is 0 Å². The minimum Gasteiger partial charge on any atom is -0.256 e. The van der Waals surface area contributed by atoms with E-state index in [2.05, 4.69) is 122 Å². The highest BCUT2D eigenvalue weighted by molar-refractivity contribution is 7.80. The summed E-state index contributed by atoms with van der Waals surface area (Å²) in [5.74, 6) is 0. The second-order valence-corrected chi connectivity index (χ2v) is 9.18. The molecule has 0 unspecified atom stereocenters. The maximum absolute atomic E-state index is 4.49. The molecule has 0 heterocycles. The van der Waals surface area contributed by atoms with E-state index in [4.69, 9.17) is 0 Å². The molecule has 0 saturated heterocycles. The number of fused-ring (bicyclic) bond motifs is 1. The summed E-state index contributed by atoms with van der Waals surface area (Å²) in [6, 6.07) is 14.6. The van der Waals surface area contributed by atoms with Crippen molar-refractivity contribution in [1.29, 1.82) is 0 Å². The van der Waals surface area contributed by atoms with Gasteiger partial charge in [0, 0.05) is 16.3 Å². The Morgan fingerprint density at radius 1 is 0.906 bits per heavy atom. The smallest absolute Gasteiger partial charge is 0.00812 e. The lowest BCUT2D eigenvalue weighted by atomic mass is 9.97. The number of nitrogens with zero attached hydrogens (tertiary/aromatic N) is 1. The third kappa shape index (κ3) is 10.5. The van der Waals surface area contributed by atoms with E-state index in [1.165, 1.54) is 45.0 Å². The van der Waals surface area contributed by atoms with Crippen molar-refractivity contribution in [2.75, 3.05) is 13.6 Å². The molecule has 176 valence electrons. The summed E-state index contributed by atoms with van der Waals surface area (Å²) in [6.07, 6.45) is 3.03. The minimum absolute atomic E-state index is 1.01. The third-order valence-electron chi connectivity index (χ3n) is 4.82. The highest BCUT2D eigenvalue weighted by atomic mass is 32.1. The van der Waals surface area contributed by atoms with Gasteiger partial charge in [-0.15, -0.1) is 25.3 Å². The first kappa shape index (κ1) is 30.7. The molecule has 0 fully saturated rings. The summed E-state index contributed by atoms with van der Waals surface area (Å²) in [5.41, 5.74) is 6.34. The lowest BCUT2D eigenvalue weighted by Crippen LogP contribution is -2.04. The van der Waals surface area contributed by atoms with Gasteiger partial charge in [-0.25, -0.2) is 0 Å². The maximum atomic E-state index is 4.49. The number of thiol groups is 3. The second kappa shape index (κ2) is 16.3. The lowest BCUT2D eigenvalue weighted by molar-refractivity contribution is 0.566. The molecule has 0 N–H and O–H groups in total. The summed E-state index contributed by atoms with van der Waals surface area (Å²) in [7, 11) is 1.95. The van der Waals surface area contributed by atoms with Gasteiger partial charge in [0.25, 0.3) is 0 Å². The minimum atomic E-state index is 1.01. The Morgan fingerprint density at radius 2 is 1.47 bits per heavy atom. The molecule has 0 aliphatic heterocycles. The van der Waals surface area contributed by atoms with Crippen LogP contribution < -0.4 is 0 Å². The zero-order chi connectivity index (χ0) is 24.8. The summed E-state index contributed by atoms with van der Waals surface area (Å²) >= 11 is 12.9. The molecule has 0 aromatic heterocycles. The first-order chi connectivity index (χ1) is 15.1. The largest absolute Gasteiger partial charge is 0.256 e. The predicted molar refractivity (Wildman–Crippen MR) is 157 cm³/mol. The summed E-state index contributed by atoms with van der Waals surface area (Å²) in [4.78, 5) is 2.06. The average molecular weight is 488 g/mol. The molecule has 3 aromatic rings. The summed E-state index contributed by atoms with van der Waals surface area (Å²) in [6.45, 7) is 19.3. The zero-order valence-electron chi connectivity index (χ0n) is 21.0. The van der Waals surface area contributed by atoms with Crippen LogP contribution in [0, 0.1) is 27.7 Å². The fourth-order valence-electron chi connectivity index (χ4n) is 3.08. The van der Waals surface area contributed by atoms with Crippen molar-refractivity contribution in [1.82, 2.24) is 4.31 Å². The fraction of sp³-hybridized carbons (Fsp3) is 0.357. The van der Waals surface area contributed by atoms with Gasteiger partial charge in [0.1, 0.15) is 0 Å². The molecule has 3 rings (SSSR count). The number of benzene rings is 3. The average Bonchev–Trinajstić information content (AvgIpc) is 2.74. The molecule has 0 saturated carbocycles. The van der Waals surface area contributed by atoms with Crippen LogP contribution in [-0.2, 0) is 0 Å². The standard InChI is InChI=1S/C13H14S2.C9H10.C4H11NS.C2H6/c1-7-4-11(14)5-10-6-12(15)8(2)9(3)13(7)10;1-3-9-6-4-8(2)5-7-9;1-3-4-5(2)6;1-2/h4-6,14-15H,1-3H3;3-7H,1H2,2H3;6H,3-4H2,1-2H3;1-2H3. The van der Waals surface area contributed by atoms with E-state index in [0.717, 1.165) is 16.3 Å². The van der Waals surface area contributed by atoms with Crippen molar-refractivity contribution in [3.05, 3.63) is 76.9 Å². The van der Waals surface area contributed by atoms with Gasteiger partial charge < -0.3 is 0 Å². The van der Waals surface area contributed by atoms with Crippen molar-refractivity contribution >= 4 is 54.9 Å². The van der Waals surface area contributed by atoms with Crippen LogP contribution >= 0.6 is 38.1 Å². The SMILES string of the molecule is C=Cc1ccc(C)cc1.CC.CCCN(C)S.Cc1c(S)cc2cc(S)cc(C)c2c1C. The summed E-state index contributed by atoms with van der Waals surface area (Å²) in [5, 5.41) is 2.57. The highest BCUT2D eigenvalue weighted by Gasteiger charge is 2.07. The van der Waals surface area contributed by atoms with Crippen LogP contribution in [0.1, 0.15) is 55.0 Å². The van der Waals surface area contributed by atoms with Crippen molar-refractivity contribution in [3.8, 4) is 0 Å². The van der Waals surface area contributed by atoms with Crippen LogP contribution in [0.5, 0.6) is 0 Å². The Balaban J connectivity index is 0.000000483. The van der Waals surface area contributed by atoms with E-state index >= 15 is 0 Å². The number of hydrogen-bond donors (Lipinski definition) is 3. The van der Waals surface area contributed by atoms with E-state index in [1.807, 2.05) is 31.3 Å². The first-order valence-corrected chi connectivity index (χ1v) is 12.4. The Bertz CT molecular complexity index is 961. The van der Waals surface area contributed by atoms with Crippen LogP contribution in [-0.4, -0.2) is 17.9 Å². The predicted octanol–water partition coefficient (Wildman–Crippen LogP) is 9.18. The molecule has 4 heteroatoms. The quantitative estimate of drug-likeness (QED) is 0.310. The molecular weight excluding hydrogens is 447 g/mol. The van der Waals surface area contributed by atoms with Gasteiger partial charge in [-0.2, -0.15) is 0 Å². The monoisotopic (exact) mass is 487 g/mol. The van der Waals surface area contributed by atoms with Crippen LogP contribution in [0.2, 0.25) is 0 Å². The third-order valence-corrected chi connectivity index (χ3v) is 5.75.